The van der Waals surface area contributed by atoms with Gasteiger partial charge in [-0.05, 0) is 37.0 Å². The number of carbonyl (C=O) groups is 1. The third-order valence-electron chi connectivity index (χ3n) is 2.66. The summed E-state index contributed by atoms with van der Waals surface area (Å²) >= 11 is 0. The van der Waals surface area contributed by atoms with Crippen LogP contribution < -0.4 is 5.73 Å². The van der Waals surface area contributed by atoms with Gasteiger partial charge in [-0.1, -0.05) is 19.1 Å². The van der Waals surface area contributed by atoms with Crippen molar-refractivity contribution in [3.8, 4) is 5.75 Å². The van der Waals surface area contributed by atoms with Crippen molar-refractivity contribution in [2.24, 2.45) is 5.73 Å². The van der Waals surface area contributed by atoms with Crippen LogP contribution in [0.5, 0.6) is 5.75 Å². The fourth-order valence-electron chi connectivity index (χ4n) is 1.67. The summed E-state index contributed by atoms with van der Waals surface area (Å²) < 4.78 is 0. The Bertz CT molecular complexity index is 388. The number of phenolic OH excluding ortho intramolecular Hbond substituents is 1. The number of hydrogen-bond acceptors (Lipinski definition) is 3. The summed E-state index contributed by atoms with van der Waals surface area (Å²) in [6.07, 6.45) is 0.325. The van der Waals surface area contributed by atoms with Crippen LogP contribution in [0.1, 0.15) is 31.7 Å². The maximum absolute atomic E-state index is 10.9. The number of nitrogens with two attached hydrogens (primary N) is 1. The average molecular weight is 223 g/mol. The Kier molecular flexibility index (Phi) is 3.55. The van der Waals surface area contributed by atoms with Crippen molar-refractivity contribution in [2.75, 3.05) is 0 Å². The van der Waals surface area contributed by atoms with Crippen molar-refractivity contribution < 1.29 is 15.0 Å². The molecule has 0 aliphatic rings. The minimum absolute atomic E-state index is 0.0156. The summed E-state index contributed by atoms with van der Waals surface area (Å²) in [4.78, 5) is 10.9. The zero-order valence-corrected chi connectivity index (χ0v) is 9.47. The molecule has 1 rings (SSSR count). The first-order valence-electron chi connectivity index (χ1n) is 5.14. The highest BCUT2D eigenvalue weighted by molar-refractivity contribution is 5.77. The van der Waals surface area contributed by atoms with Crippen molar-refractivity contribution in [1.29, 1.82) is 0 Å². The van der Waals surface area contributed by atoms with E-state index in [4.69, 9.17) is 10.8 Å². The molecule has 0 fully saturated rings. The Morgan fingerprint density at radius 2 is 2.19 bits per heavy atom. The number of aliphatic carboxylic acids is 1. The van der Waals surface area contributed by atoms with Crippen molar-refractivity contribution in [3.63, 3.8) is 0 Å². The van der Waals surface area contributed by atoms with Crippen LogP contribution in [0.3, 0.4) is 0 Å². The van der Waals surface area contributed by atoms with Gasteiger partial charge in [-0.25, -0.2) is 0 Å². The standard InChI is InChI=1S/C12H17NO3/c1-8(7-12(2,13)11(15)16)9-4-3-5-10(14)6-9/h3-6,8,14H,7,13H2,1-2H3,(H,15,16). The molecular weight excluding hydrogens is 206 g/mol. The predicted molar refractivity (Wildman–Crippen MR) is 61.4 cm³/mol. The lowest BCUT2D eigenvalue weighted by Gasteiger charge is -2.23. The molecule has 0 saturated carbocycles. The molecule has 4 N–H and O–H groups in total. The second-order valence-corrected chi connectivity index (χ2v) is 4.42. The number of rotatable bonds is 4. The summed E-state index contributed by atoms with van der Waals surface area (Å²) in [5, 5.41) is 18.2. The van der Waals surface area contributed by atoms with E-state index in [2.05, 4.69) is 0 Å². The summed E-state index contributed by atoms with van der Waals surface area (Å²) in [5.41, 5.74) is 5.32. The van der Waals surface area contributed by atoms with E-state index in [1.165, 1.54) is 6.92 Å². The molecule has 0 aliphatic carbocycles. The molecule has 4 heteroatoms. The molecule has 0 heterocycles. The fourth-order valence-corrected chi connectivity index (χ4v) is 1.67. The van der Waals surface area contributed by atoms with Crippen LogP contribution in [0.25, 0.3) is 0 Å². The van der Waals surface area contributed by atoms with Gasteiger partial charge in [0, 0.05) is 0 Å². The van der Waals surface area contributed by atoms with E-state index in [-0.39, 0.29) is 11.7 Å². The van der Waals surface area contributed by atoms with Crippen molar-refractivity contribution in [3.05, 3.63) is 29.8 Å². The smallest absolute Gasteiger partial charge is 0.323 e. The maximum Gasteiger partial charge on any atom is 0.323 e. The molecule has 0 spiro atoms. The third kappa shape index (κ3) is 2.97. The van der Waals surface area contributed by atoms with E-state index in [1.54, 1.807) is 18.2 Å². The van der Waals surface area contributed by atoms with Gasteiger partial charge in [0.1, 0.15) is 11.3 Å². The summed E-state index contributed by atoms with van der Waals surface area (Å²) in [6.45, 7) is 3.39. The summed E-state index contributed by atoms with van der Waals surface area (Å²) in [7, 11) is 0. The zero-order chi connectivity index (χ0) is 12.3. The van der Waals surface area contributed by atoms with Crippen LogP contribution in [-0.2, 0) is 4.79 Å². The zero-order valence-electron chi connectivity index (χ0n) is 9.47. The summed E-state index contributed by atoms with van der Waals surface area (Å²) in [5.74, 6) is -0.851. The fraction of sp³-hybridized carbons (Fsp3) is 0.417. The van der Waals surface area contributed by atoms with Crippen LogP contribution in [0.15, 0.2) is 24.3 Å². The SMILES string of the molecule is CC(CC(C)(N)C(=O)O)c1cccc(O)c1. The highest BCUT2D eigenvalue weighted by atomic mass is 16.4. The van der Waals surface area contributed by atoms with Crippen LogP contribution in [0.4, 0.5) is 0 Å². The molecule has 2 unspecified atom stereocenters. The monoisotopic (exact) mass is 223 g/mol. The van der Waals surface area contributed by atoms with Gasteiger partial charge in [-0.2, -0.15) is 0 Å². The third-order valence-corrected chi connectivity index (χ3v) is 2.66. The quantitative estimate of drug-likeness (QED) is 0.725. The van der Waals surface area contributed by atoms with Crippen LogP contribution in [-0.4, -0.2) is 21.7 Å². The molecule has 4 nitrogen and oxygen atoms in total. The number of carboxylic acid groups (broad SMARTS) is 1. The van der Waals surface area contributed by atoms with E-state index in [0.717, 1.165) is 5.56 Å². The molecular formula is C12H17NO3. The first-order valence-corrected chi connectivity index (χ1v) is 5.14. The van der Waals surface area contributed by atoms with Gasteiger partial charge in [0.25, 0.3) is 0 Å². The Morgan fingerprint density at radius 1 is 1.56 bits per heavy atom. The normalized spacial score (nSPS) is 16.4. The Labute approximate surface area is 94.7 Å². The van der Waals surface area contributed by atoms with Gasteiger partial charge < -0.3 is 15.9 Å². The first kappa shape index (κ1) is 12.5. The molecule has 16 heavy (non-hydrogen) atoms. The molecule has 0 aromatic heterocycles. The lowest BCUT2D eigenvalue weighted by Crippen LogP contribution is -2.45. The average Bonchev–Trinajstić information content (AvgIpc) is 2.16. The van der Waals surface area contributed by atoms with Gasteiger partial charge in [0.2, 0.25) is 0 Å². The molecule has 0 aliphatic heterocycles. The van der Waals surface area contributed by atoms with Crippen LogP contribution in [0.2, 0.25) is 0 Å². The van der Waals surface area contributed by atoms with E-state index in [0.29, 0.717) is 6.42 Å². The highest BCUT2D eigenvalue weighted by Crippen LogP contribution is 2.26. The molecule has 0 saturated heterocycles. The van der Waals surface area contributed by atoms with Gasteiger partial charge in [0.05, 0.1) is 0 Å². The number of carboxylic acids is 1. The van der Waals surface area contributed by atoms with Crippen molar-refractivity contribution in [2.45, 2.75) is 31.7 Å². The topological polar surface area (TPSA) is 83.6 Å². The predicted octanol–water partition coefficient (Wildman–Crippen LogP) is 1.69. The molecule has 0 amide bonds. The van der Waals surface area contributed by atoms with E-state index in [1.807, 2.05) is 13.0 Å². The number of benzene rings is 1. The van der Waals surface area contributed by atoms with Gasteiger partial charge in [-0.3, -0.25) is 4.79 Å². The van der Waals surface area contributed by atoms with Gasteiger partial charge in [-0.15, -0.1) is 0 Å². The lowest BCUT2D eigenvalue weighted by molar-refractivity contribution is -0.143. The molecule has 88 valence electrons. The van der Waals surface area contributed by atoms with Crippen LogP contribution >= 0.6 is 0 Å². The molecule has 0 radical (unpaired) electrons. The first-order chi connectivity index (χ1) is 7.33. The lowest BCUT2D eigenvalue weighted by atomic mass is 9.86. The highest BCUT2D eigenvalue weighted by Gasteiger charge is 2.30. The molecule has 2 atom stereocenters. The largest absolute Gasteiger partial charge is 0.508 e. The number of phenols is 1. The Hall–Kier alpha value is -1.55. The van der Waals surface area contributed by atoms with Gasteiger partial charge >= 0.3 is 5.97 Å². The Morgan fingerprint density at radius 3 is 2.69 bits per heavy atom. The summed E-state index contributed by atoms with van der Waals surface area (Å²) in [6, 6.07) is 6.79. The molecule has 0 bridgehead atoms. The second-order valence-electron chi connectivity index (χ2n) is 4.42. The number of hydrogen-bond donors (Lipinski definition) is 3. The van der Waals surface area contributed by atoms with E-state index >= 15 is 0 Å². The number of aromatic hydroxyl groups is 1. The van der Waals surface area contributed by atoms with Gasteiger partial charge in [0.15, 0.2) is 0 Å². The Balaban J connectivity index is 2.80. The maximum atomic E-state index is 10.9. The van der Waals surface area contributed by atoms with Crippen molar-refractivity contribution >= 4 is 5.97 Å². The molecule has 1 aromatic rings. The van der Waals surface area contributed by atoms with Crippen LogP contribution in [0, 0.1) is 0 Å². The van der Waals surface area contributed by atoms with E-state index < -0.39 is 11.5 Å². The van der Waals surface area contributed by atoms with E-state index in [9.17, 15) is 9.90 Å². The van der Waals surface area contributed by atoms with Crippen molar-refractivity contribution in [1.82, 2.24) is 0 Å². The molecule has 1 aromatic carbocycles. The minimum Gasteiger partial charge on any atom is -0.508 e. The minimum atomic E-state index is -1.25. The second kappa shape index (κ2) is 4.53.